The molecule has 1 saturated heterocycles. The fraction of sp³-hybridized carbons (Fsp3) is 0.500. The molecule has 0 bridgehead atoms. The number of hydrogen-bond acceptors (Lipinski definition) is 6. The molecule has 1 atom stereocenters. The van der Waals surface area contributed by atoms with E-state index in [1.807, 2.05) is 0 Å². The third-order valence-electron chi connectivity index (χ3n) is 3.88. The summed E-state index contributed by atoms with van der Waals surface area (Å²) in [4.78, 5) is 22.1. The molecule has 1 unspecified atom stereocenters. The Labute approximate surface area is 152 Å². The highest BCUT2D eigenvalue weighted by Crippen LogP contribution is 2.25. The van der Waals surface area contributed by atoms with E-state index >= 15 is 0 Å². The van der Waals surface area contributed by atoms with Gasteiger partial charge in [0.1, 0.15) is 0 Å². The van der Waals surface area contributed by atoms with E-state index < -0.39 is 20.9 Å². The minimum atomic E-state index is -3.79. The maximum Gasteiger partial charge on any atom is 0.269 e. The number of nitrogens with one attached hydrogen (secondary N) is 1. The Morgan fingerprint density at radius 2 is 2.00 bits per heavy atom. The summed E-state index contributed by atoms with van der Waals surface area (Å²) in [5.41, 5.74) is 5.17. The van der Waals surface area contributed by atoms with Crippen molar-refractivity contribution in [1.29, 1.82) is 0 Å². The molecule has 1 aliphatic heterocycles. The molecule has 1 aromatic rings. The number of halogens is 1. The number of nitro groups is 1. The lowest BCUT2D eigenvalue weighted by Gasteiger charge is -2.31. The summed E-state index contributed by atoms with van der Waals surface area (Å²) < 4.78 is 26.6. The molecule has 1 fully saturated rings. The number of sulfonamides is 1. The molecule has 11 heteroatoms. The monoisotopic (exact) mass is 392 g/mol. The fourth-order valence-electron chi connectivity index (χ4n) is 2.60. The first-order valence-electron chi connectivity index (χ1n) is 7.58. The van der Waals surface area contributed by atoms with Gasteiger partial charge in [0.25, 0.3) is 5.69 Å². The van der Waals surface area contributed by atoms with Gasteiger partial charge in [-0.3, -0.25) is 14.9 Å². The highest BCUT2D eigenvalue weighted by molar-refractivity contribution is 7.89. The molecule has 0 saturated carbocycles. The van der Waals surface area contributed by atoms with Gasteiger partial charge >= 0.3 is 0 Å². The highest BCUT2D eigenvalue weighted by Gasteiger charge is 2.33. The van der Waals surface area contributed by atoms with Crippen LogP contribution in [-0.2, 0) is 14.8 Å². The number of nitrogens with zero attached hydrogens (tertiary/aromatic N) is 2. The third-order valence-corrected chi connectivity index (χ3v) is 5.76. The summed E-state index contributed by atoms with van der Waals surface area (Å²) >= 11 is 0. The zero-order chi connectivity index (χ0) is 17.7. The summed E-state index contributed by atoms with van der Waals surface area (Å²) in [6.45, 7) is 1.09. The van der Waals surface area contributed by atoms with E-state index in [-0.39, 0.29) is 35.4 Å². The van der Waals surface area contributed by atoms with Gasteiger partial charge in [0.2, 0.25) is 15.9 Å². The lowest BCUT2D eigenvalue weighted by Crippen LogP contribution is -2.46. The van der Waals surface area contributed by atoms with Crippen molar-refractivity contribution in [3.63, 3.8) is 0 Å². The average molecular weight is 393 g/mol. The molecule has 0 aromatic heterocycles. The van der Waals surface area contributed by atoms with Crippen molar-refractivity contribution in [1.82, 2.24) is 9.62 Å². The molecule has 0 radical (unpaired) electrons. The first-order valence-corrected chi connectivity index (χ1v) is 9.02. The molecule has 0 spiro atoms. The van der Waals surface area contributed by atoms with E-state index in [4.69, 9.17) is 5.73 Å². The Morgan fingerprint density at radius 1 is 1.36 bits per heavy atom. The second kappa shape index (κ2) is 9.09. The van der Waals surface area contributed by atoms with E-state index in [2.05, 4.69) is 5.32 Å². The van der Waals surface area contributed by atoms with Crippen LogP contribution >= 0.6 is 12.4 Å². The van der Waals surface area contributed by atoms with Crippen LogP contribution in [0.2, 0.25) is 0 Å². The van der Waals surface area contributed by atoms with Gasteiger partial charge < -0.3 is 11.1 Å². The van der Waals surface area contributed by atoms with Gasteiger partial charge in [0.05, 0.1) is 15.7 Å². The van der Waals surface area contributed by atoms with Crippen LogP contribution in [0, 0.1) is 16.0 Å². The van der Waals surface area contributed by atoms with Crippen LogP contribution in [0.4, 0.5) is 5.69 Å². The maximum absolute atomic E-state index is 12.7. The third kappa shape index (κ3) is 5.11. The number of nitro benzene ring substituents is 1. The zero-order valence-electron chi connectivity index (χ0n) is 13.5. The van der Waals surface area contributed by atoms with Gasteiger partial charge in [0, 0.05) is 38.3 Å². The largest absolute Gasteiger partial charge is 0.355 e. The predicted molar refractivity (Wildman–Crippen MR) is 93.9 cm³/mol. The van der Waals surface area contributed by atoms with E-state index in [1.54, 1.807) is 0 Å². The molecule has 0 aliphatic carbocycles. The number of benzene rings is 1. The topological polar surface area (TPSA) is 136 Å². The summed E-state index contributed by atoms with van der Waals surface area (Å²) in [6.07, 6.45) is 1.19. The first kappa shape index (κ1) is 21.3. The molecule has 1 heterocycles. The number of amides is 1. The van der Waals surface area contributed by atoms with Gasteiger partial charge in [-0.2, -0.15) is 4.31 Å². The second-order valence-corrected chi connectivity index (χ2v) is 7.47. The quantitative estimate of drug-likeness (QED) is 0.534. The number of carbonyl (C=O) groups is 1. The van der Waals surface area contributed by atoms with Crippen molar-refractivity contribution >= 4 is 34.0 Å². The van der Waals surface area contributed by atoms with Crippen molar-refractivity contribution in [2.45, 2.75) is 17.7 Å². The Morgan fingerprint density at radius 3 is 2.56 bits per heavy atom. The van der Waals surface area contributed by atoms with E-state index in [0.717, 1.165) is 12.1 Å². The Kier molecular flexibility index (Phi) is 7.74. The molecule has 3 N–H and O–H groups in total. The first-order chi connectivity index (χ1) is 11.4. The predicted octanol–water partition coefficient (Wildman–Crippen LogP) is 0.492. The minimum absolute atomic E-state index is 0. The van der Waals surface area contributed by atoms with E-state index in [1.165, 1.54) is 16.4 Å². The Balaban J connectivity index is 0.00000312. The lowest BCUT2D eigenvalue weighted by molar-refractivity contribution is -0.384. The number of hydrogen-bond donors (Lipinski definition) is 2. The van der Waals surface area contributed by atoms with Crippen LogP contribution in [0.1, 0.15) is 12.8 Å². The van der Waals surface area contributed by atoms with Gasteiger partial charge in [-0.25, -0.2) is 8.42 Å². The normalized spacial score (nSPS) is 18.2. The fourth-order valence-corrected chi connectivity index (χ4v) is 4.13. The zero-order valence-corrected chi connectivity index (χ0v) is 15.1. The summed E-state index contributed by atoms with van der Waals surface area (Å²) in [7, 11) is -3.79. The van der Waals surface area contributed by atoms with Crippen LogP contribution < -0.4 is 11.1 Å². The second-order valence-electron chi connectivity index (χ2n) is 5.53. The van der Waals surface area contributed by atoms with Crippen LogP contribution in [0.5, 0.6) is 0 Å². The van der Waals surface area contributed by atoms with Gasteiger partial charge in [-0.15, -0.1) is 12.4 Å². The molecular weight excluding hydrogens is 372 g/mol. The van der Waals surface area contributed by atoms with Gasteiger partial charge in [-0.05, 0) is 25.0 Å². The molecule has 1 aliphatic rings. The molecular formula is C14H21ClN4O5S. The number of piperidine rings is 1. The van der Waals surface area contributed by atoms with Crippen LogP contribution in [0.25, 0.3) is 0 Å². The van der Waals surface area contributed by atoms with E-state index in [0.29, 0.717) is 32.5 Å². The molecule has 25 heavy (non-hydrogen) atoms. The SMILES string of the molecule is Cl.NCCNC(=O)C1CCCN(S(=O)(=O)c2ccc([N+](=O)[O-])cc2)C1. The molecule has 2 rings (SSSR count). The van der Waals surface area contributed by atoms with Crippen molar-refractivity contribution < 1.29 is 18.1 Å². The average Bonchev–Trinajstić information content (AvgIpc) is 2.59. The number of rotatable bonds is 6. The van der Waals surface area contributed by atoms with Crippen molar-refractivity contribution in [3.8, 4) is 0 Å². The van der Waals surface area contributed by atoms with Gasteiger partial charge in [-0.1, -0.05) is 0 Å². The van der Waals surface area contributed by atoms with Crippen molar-refractivity contribution in [2.75, 3.05) is 26.2 Å². The summed E-state index contributed by atoms with van der Waals surface area (Å²) in [5, 5.41) is 13.3. The van der Waals surface area contributed by atoms with E-state index in [9.17, 15) is 23.3 Å². The molecule has 1 amide bonds. The summed E-state index contributed by atoms with van der Waals surface area (Å²) in [6, 6.07) is 4.74. The number of carbonyl (C=O) groups excluding carboxylic acids is 1. The lowest BCUT2D eigenvalue weighted by atomic mass is 9.99. The Hall–Kier alpha value is -1.75. The van der Waals surface area contributed by atoms with Gasteiger partial charge in [0.15, 0.2) is 0 Å². The standard InChI is InChI=1S/C14H20N4O5S.ClH/c15-7-8-16-14(19)11-2-1-9-17(10-11)24(22,23)13-5-3-12(4-6-13)18(20)21;/h3-6,11H,1-2,7-10,15H2,(H,16,19);1H. The summed E-state index contributed by atoms with van der Waals surface area (Å²) in [5.74, 6) is -0.623. The molecule has 140 valence electrons. The van der Waals surface area contributed by atoms with Crippen molar-refractivity contribution in [2.24, 2.45) is 11.7 Å². The number of nitrogens with two attached hydrogens (primary N) is 1. The molecule has 9 nitrogen and oxygen atoms in total. The molecule has 1 aromatic carbocycles. The minimum Gasteiger partial charge on any atom is -0.355 e. The Bertz CT molecular complexity index is 710. The highest BCUT2D eigenvalue weighted by atomic mass is 35.5. The van der Waals surface area contributed by atoms with Crippen LogP contribution in [0.3, 0.4) is 0 Å². The van der Waals surface area contributed by atoms with Crippen molar-refractivity contribution in [3.05, 3.63) is 34.4 Å². The number of non-ortho nitro benzene ring substituents is 1. The van der Waals surface area contributed by atoms with Crippen LogP contribution in [-0.4, -0.2) is 49.7 Å². The maximum atomic E-state index is 12.7. The van der Waals surface area contributed by atoms with Crippen LogP contribution in [0.15, 0.2) is 29.2 Å². The smallest absolute Gasteiger partial charge is 0.269 e.